The normalized spacial score (nSPS) is 14.2. The van der Waals surface area contributed by atoms with Gasteiger partial charge < -0.3 is 19.9 Å². The molecular formula is C24H32N4O2. The smallest absolute Gasteiger partial charge is 0.222 e. The van der Waals surface area contributed by atoms with Crippen molar-refractivity contribution in [2.75, 3.05) is 27.2 Å². The number of rotatable bonds is 8. The SMILES string of the molecule is CCNC(=NCc1ccccc1CN1CCCC1=O)N(C)Cc1ccc(OC)cc1. The van der Waals surface area contributed by atoms with Crippen LogP contribution in [0.15, 0.2) is 53.5 Å². The Morgan fingerprint density at radius 2 is 1.90 bits per heavy atom. The van der Waals surface area contributed by atoms with Crippen molar-refractivity contribution in [1.82, 2.24) is 15.1 Å². The van der Waals surface area contributed by atoms with Gasteiger partial charge in [-0.1, -0.05) is 36.4 Å². The van der Waals surface area contributed by atoms with Crippen LogP contribution >= 0.6 is 0 Å². The van der Waals surface area contributed by atoms with Crippen LogP contribution in [0.25, 0.3) is 0 Å². The number of aliphatic imine (C=N–C) groups is 1. The first kappa shape index (κ1) is 21.7. The van der Waals surface area contributed by atoms with Gasteiger partial charge in [-0.15, -0.1) is 0 Å². The highest BCUT2D eigenvalue weighted by Gasteiger charge is 2.20. The fraction of sp³-hybridized carbons (Fsp3) is 0.417. The molecule has 0 aliphatic carbocycles. The minimum atomic E-state index is 0.251. The number of carbonyl (C=O) groups is 1. The Morgan fingerprint density at radius 1 is 1.17 bits per heavy atom. The van der Waals surface area contributed by atoms with E-state index in [1.807, 2.05) is 36.2 Å². The number of ether oxygens (including phenoxy) is 1. The number of nitrogens with one attached hydrogen (secondary N) is 1. The van der Waals surface area contributed by atoms with Gasteiger partial charge in [-0.05, 0) is 42.2 Å². The largest absolute Gasteiger partial charge is 0.497 e. The van der Waals surface area contributed by atoms with Crippen LogP contribution in [0.1, 0.15) is 36.5 Å². The Morgan fingerprint density at radius 3 is 2.53 bits per heavy atom. The van der Waals surface area contributed by atoms with E-state index >= 15 is 0 Å². The van der Waals surface area contributed by atoms with Gasteiger partial charge in [-0.3, -0.25) is 4.79 Å². The number of hydrogen-bond acceptors (Lipinski definition) is 3. The van der Waals surface area contributed by atoms with Crippen molar-refractivity contribution in [2.24, 2.45) is 4.99 Å². The Kier molecular flexibility index (Phi) is 7.71. The minimum absolute atomic E-state index is 0.251. The predicted molar refractivity (Wildman–Crippen MR) is 120 cm³/mol. The van der Waals surface area contributed by atoms with Crippen molar-refractivity contribution < 1.29 is 9.53 Å². The van der Waals surface area contributed by atoms with Crippen LogP contribution in [0.2, 0.25) is 0 Å². The number of nitrogens with zero attached hydrogens (tertiary/aromatic N) is 3. The first-order valence-corrected chi connectivity index (χ1v) is 10.6. The van der Waals surface area contributed by atoms with Crippen LogP contribution in [0, 0.1) is 0 Å². The molecule has 1 amide bonds. The lowest BCUT2D eigenvalue weighted by molar-refractivity contribution is -0.128. The number of likely N-dealkylation sites (tertiary alicyclic amines) is 1. The first-order chi connectivity index (χ1) is 14.6. The van der Waals surface area contributed by atoms with Gasteiger partial charge >= 0.3 is 0 Å². The molecule has 2 aromatic rings. The fourth-order valence-electron chi connectivity index (χ4n) is 3.65. The van der Waals surface area contributed by atoms with Crippen molar-refractivity contribution >= 4 is 11.9 Å². The zero-order valence-corrected chi connectivity index (χ0v) is 18.2. The van der Waals surface area contributed by atoms with E-state index in [4.69, 9.17) is 9.73 Å². The molecule has 3 rings (SSSR count). The van der Waals surface area contributed by atoms with Crippen molar-refractivity contribution in [3.63, 3.8) is 0 Å². The van der Waals surface area contributed by atoms with Crippen molar-refractivity contribution in [2.45, 2.75) is 39.4 Å². The van der Waals surface area contributed by atoms with E-state index in [1.165, 1.54) is 11.1 Å². The summed E-state index contributed by atoms with van der Waals surface area (Å²) in [4.78, 5) is 21.0. The van der Waals surface area contributed by atoms with Gasteiger partial charge in [0.15, 0.2) is 5.96 Å². The summed E-state index contributed by atoms with van der Waals surface area (Å²) in [6.45, 7) is 5.72. The highest BCUT2D eigenvalue weighted by Crippen LogP contribution is 2.18. The van der Waals surface area contributed by atoms with Crippen LogP contribution in [-0.2, 0) is 24.4 Å². The van der Waals surface area contributed by atoms with E-state index in [9.17, 15) is 4.79 Å². The molecule has 1 saturated heterocycles. The molecule has 0 atom stereocenters. The van der Waals surface area contributed by atoms with Crippen molar-refractivity contribution in [3.05, 3.63) is 65.2 Å². The van der Waals surface area contributed by atoms with E-state index in [0.717, 1.165) is 43.3 Å². The van der Waals surface area contributed by atoms with Gasteiger partial charge in [-0.2, -0.15) is 0 Å². The molecule has 30 heavy (non-hydrogen) atoms. The lowest BCUT2D eigenvalue weighted by atomic mass is 10.1. The Bertz CT molecular complexity index is 864. The highest BCUT2D eigenvalue weighted by molar-refractivity contribution is 5.80. The number of hydrogen-bond donors (Lipinski definition) is 1. The van der Waals surface area contributed by atoms with Crippen LogP contribution < -0.4 is 10.1 Å². The highest BCUT2D eigenvalue weighted by atomic mass is 16.5. The second kappa shape index (κ2) is 10.7. The molecule has 0 aromatic heterocycles. The first-order valence-electron chi connectivity index (χ1n) is 10.6. The maximum atomic E-state index is 12.0. The quantitative estimate of drug-likeness (QED) is 0.537. The number of carbonyl (C=O) groups excluding carboxylic acids is 1. The molecule has 6 nitrogen and oxygen atoms in total. The molecule has 2 aromatic carbocycles. The molecule has 160 valence electrons. The number of methoxy groups -OCH3 is 1. The molecule has 0 radical (unpaired) electrons. The van der Waals surface area contributed by atoms with E-state index < -0.39 is 0 Å². The van der Waals surface area contributed by atoms with Gasteiger partial charge in [-0.25, -0.2) is 4.99 Å². The zero-order chi connectivity index (χ0) is 21.3. The minimum Gasteiger partial charge on any atom is -0.497 e. The van der Waals surface area contributed by atoms with E-state index in [2.05, 4.69) is 41.4 Å². The molecule has 0 spiro atoms. The van der Waals surface area contributed by atoms with E-state index in [1.54, 1.807) is 7.11 Å². The maximum absolute atomic E-state index is 12.0. The predicted octanol–water partition coefficient (Wildman–Crippen LogP) is 3.42. The summed E-state index contributed by atoms with van der Waals surface area (Å²) in [5, 5.41) is 3.38. The van der Waals surface area contributed by atoms with Gasteiger partial charge in [0.25, 0.3) is 0 Å². The third-order valence-corrected chi connectivity index (χ3v) is 5.33. The third kappa shape index (κ3) is 5.75. The Labute approximate surface area is 179 Å². The number of amides is 1. The van der Waals surface area contributed by atoms with Crippen LogP contribution in [0.3, 0.4) is 0 Å². The number of guanidine groups is 1. The molecule has 1 aliphatic heterocycles. The fourth-order valence-corrected chi connectivity index (χ4v) is 3.65. The lowest BCUT2D eigenvalue weighted by Gasteiger charge is -2.23. The second-order valence-electron chi connectivity index (χ2n) is 7.56. The maximum Gasteiger partial charge on any atom is 0.222 e. The zero-order valence-electron chi connectivity index (χ0n) is 18.2. The Hall–Kier alpha value is -3.02. The summed E-state index contributed by atoms with van der Waals surface area (Å²) in [5.41, 5.74) is 3.52. The average Bonchev–Trinajstić information content (AvgIpc) is 3.17. The van der Waals surface area contributed by atoms with Gasteiger partial charge in [0.05, 0.1) is 13.7 Å². The van der Waals surface area contributed by atoms with E-state index in [0.29, 0.717) is 19.5 Å². The molecule has 0 unspecified atom stereocenters. The summed E-state index contributed by atoms with van der Waals surface area (Å²) in [6, 6.07) is 16.4. The molecule has 0 bridgehead atoms. The summed E-state index contributed by atoms with van der Waals surface area (Å²) in [5.74, 6) is 1.97. The van der Waals surface area contributed by atoms with Gasteiger partial charge in [0.1, 0.15) is 5.75 Å². The molecule has 6 heteroatoms. The lowest BCUT2D eigenvalue weighted by Crippen LogP contribution is -2.38. The van der Waals surface area contributed by atoms with Gasteiger partial charge in [0.2, 0.25) is 5.91 Å². The average molecular weight is 409 g/mol. The monoisotopic (exact) mass is 408 g/mol. The van der Waals surface area contributed by atoms with Crippen LogP contribution in [-0.4, -0.2) is 48.9 Å². The van der Waals surface area contributed by atoms with Gasteiger partial charge in [0, 0.05) is 39.6 Å². The number of benzene rings is 2. The summed E-state index contributed by atoms with van der Waals surface area (Å²) in [7, 11) is 3.72. The van der Waals surface area contributed by atoms with Crippen molar-refractivity contribution in [1.29, 1.82) is 0 Å². The molecule has 1 fully saturated rings. The molecular weight excluding hydrogens is 376 g/mol. The Balaban J connectivity index is 1.70. The molecule has 0 saturated carbocycles. The van der Waals surface area contributed by atoms with Crippen molar-refractivity contribution in [3.8, 4) is 5.75 Å². The molecule has 1 aliphatic rings. The van der Waals surface area contributed by atoms with E-state index in [-0.39, 0.29) is 5.91 Å². The second-order valence-corrected chi connectivity index (χ2v) is 7.56. The topological polar surface area (TPSA) is 57.2 Å². The molecule has 1 N–H and O–H groups in total. The van der Waals surface area contributed by atoms with Crippen LogP contribution in [0.4, 0.5) is 0 Å². The summed E-state index contributed by atoms with van der Waals surface area (Å²) < 4.78 is 5.24. The third-order valence-electron chi connectivity index (χ3n) is 5.33. The summed E-state index contributed by atoms with van der Waals surface area (Å²) in [6.07, 6.45) is 1.63. The standard InChI is InChI=1S/C24H32N4O2/c1-4-25-24(27(2)17-19-11-13-22(30-3)14-12-19)26-16-20-8-5-6-9-21(20)18-28-15-7-10-23(28)29/h5-6,8-9,11-14H,4,7,10,15-18H2,1-3H3,(H,25,26). The summed E-state index contributed by atoms with van der Waals surface area (Å²) >= 11 is 0. The molecule has 1 heterocycles. The van der Waals surface area contributed by atoms with Crippen LogP contribution in [0.5, 0.6) is 5.75 Å².